The van der Waals surface area contributed by atoms with Gasteiger partial charge in [-0.15, -0.1) is 0 Å². The molecular weight excluding hydrogens is 180 g/mol. The van der Waals surface area contributed by atoms with E-state index in [-0.39, 0.29) is 12.5 Å². The maximum atomic E-state index is 11.2. The number of hydrogen-bond donors (Lipinski definition) is 3. The second-order valence-corrected chi connectivity index (χ2v) is 3.08. The van der Waals surface area contributed by atoms with Crippen LogP contribution in [0, 0.1) is 5.92 Å². The number of aliphatic hydroxyl groups excluding tert-OH is 1. The molecule has 1 amide bonds. The number of benzene rings is 1. The van der Waals surface area contributed by atoms with Gasteiger partial charge in [-0.2, -0.15) is 0 Å². The number of amides is 1. The number of hydrogen-bond acceptors (Lipinski definition) is 3. The molecule has 76 valence electrons. The SMILES string of the molecule is NNC(=O)C(CO)Cc1ccccc1. The van der Waals surface area contributed by atoms with Gasteiger partial charge in [0.25, 0.3) is 0 Å². The van der Waals surface area contributed by atoms with Crippen molar-refractivity contribution in [1.82, 2.24) is 5.43 Å². The normalized spacial score (nSPS) is 12.1. The van der Waals surface area contributed by atoms with Gasteiger partial charge in [-0.05, 0) is 12.0 Å². The second kappa shape index (κ2) is 5.36. The Morgan fingerprint density at radius 2 is 2.07 bits per heavy atom. The zero-order valence-corrected chi connectivity index (χ0v) is 7.81. The number of carbonyl (C=O) groups is 1. The van der Waals surface area contributed by atoms with Crippen molar-refractivity contribution < 1.29 is 9.90 Å². The number of nitrogens with one attached hydrogen (secondary N) is 1. The molecule has 0 fully saturated rings. The van der Waals surface area contributed by atoms with E-state index in [1.807, 2.05) is 35.8 Å². The summed E-state index contributed by atoms with van der Waals surface area (Å²) in [5.41, 5.74) is 3.05. The fourth-order valence-electron chi connectivity index (χ4n) is 1.26. The standard InChI is InChI=1S/C10H14N2O2/c11-12-10(14)9(7-13)6-8-4-2-1-3-5-8/h1-5,9,13H,6-7,11H2,(H,12,14). The highest BCUT2D eigenvalue weighted by Crippen LogP contribution is 2.07. The van der Waals surface area contributed by atoms with Gasteiger partial charge in [-0.3, -0.25) is 10.2 Å². The monoisotopic (exact) mass is 194 g/mol. The summed E-state index contributed by atoms with van der Waals surface area (Å²) in [5.74, 6) is 4.18. The smallest absolute Gasteiger partial charge is 0.239 e. The van der Waals surface area contributed by atoms with Crippen molar-refractivity contribution in [3.05, 3.63) is 35.9 Å². The number of aliphatic hydroxyl groups is 1. The summed E-state index contributed by atoms with van der Waals surface area (Å²) in [5, 5.41) is 8.97. The maximum Gasteiger partial charge on any atom is 0.239 e. The van der Waals surface area contributed by atoms with Gasteiger partial charge in [-0.1, -0.05) is 30.3 Å². The molecule has 0 aliphatic rings. The van der Waals surface area contributed by atoms with Gasteiger partial charge in [-0.25, -0.2) is 5.84 Å². The van der Waals surface area contributed by atoms with Gasteiger partial charge >= 0.3 is 0 Å². The molecule has 0 spiro atoms. The van der Waals surface area contributed by atoms with Crippen molar-refractivity contribution in [1.29, 1.82) is 0 Å². The van der Waals surface area contributed by atoms with Crippen molar-refractivity contribution in [2.75, 3.05) is 6.61 Å². The highest BCUT2D eigenvalue weighted by molar-refractivity contribution is 5.78. The molecule has 0 bridgehead atoms. The Morgan fingerprint density at radius 3 is 2.57 bits per heavy atom. The Bertz CT molecular complexity index is 287. The van der Waals surface area contributed by atoms with Crippen LogP contribution in [0.4, 0.5) is 0 Å². The van der Waals surface area contributed by atoms with E-state index < -0.39 is 5.92 Å². The molecular formula is C10H14N2O2. The lowest BCUT2D eigenvalue weighted by Gasteiger charge is -2.11. The third-order valence-corrected chi connectivity index (χ3v) is 2.06. The minimum absolute atomic E-state index is 0.197. The van der Waals surface area contributed by atoms with Crippen LogP contribution in [-0.2, 0) is 11.2 Å². The summed E-state index contributed by atoms with van der Waals surface area (Å²) >= 11 is 0. The van der Waals surface area contributed by atoms with Crippen molar-refractivity contribution in [2.24, 2.45) is 11.8 Å². The first kappa shape index (κ1) is 10.7. The van der Waals surface area contributed by atoms with E-state index in [2.05, 4.69) is 0 Å². The van der Waals surface area contributed by atoms with E-state index in [1.165, 1.54) is 0 Å². The van der Waals surface area contributed by atoms with Gasteiger partial charge in [0.1, 0.15) is 0 Å². The van der Waals surface area contributed by atoms with Crippen LogP contribution in [0.3, 0.4) is 0 Å². The molecule has 0 radical (unpaired) electrons. The van der Waals surface area contributed by atoms with Crippen molar-refractivity contribution in [3.8, 4) is 0 Å². The van der Waals surface area contributed by atoms with E-state index in [0.29, 0.717) is 6.42 Å². The fourth-order valence-corrected chi connectivity index (χ4v) is 1.26. The summed E-state index contributed by atoms with van der Waals surface area (Å²) in [4.78, 5) is 11.2. The third kappa shape index (κ3) is 2.83. The predicted molar refractivity (Wildman–Crippen MR) is 53.1 cm³/mol. The molecule has 14 heavy (non-hydrogen) atoms. The first-order chi connectivity index (χ1) is 6.77. The molecule has 0 saturated heterocycles. The third-order valence-electron chi connectivity index (χ3n) is 2.06. The molecule has 1 aromatic carbocycles. The second-order valence-electron chi connectivity index (χ2n) is 3.08. The average molecular weight is 194 g/mol. The number of hydrazine groups is 1. The van der Waals surface area contributed by atoms with Gasteiger partial charge in [0.05, 0.1) is 12.5 Å². The molecule has 0 heterocycles. The molecule has 0 aromatic heterocycles. The van der Waals surface area contributed by atoms with Crippen LogP contribution in [0.15, 0.2) is 30.3 Å². The lowest BCUT2D eigenvalue weighted by molar-refractivity contribution is -0.126. The first-order valence-corrected chi connectivity index (χ1v) is 4.43. The molecule has 0 aliphatic heterocycles. The average Bonchev–Trinajstić information content (AvgIpc) is 2.26. The zero-order chi connectivity index (χ0) is 10.4. The highest BCUT2D eigenvalue weighted by atomic mass is 16.3. The Kier molecular flexibility index (Phi) is 4.10. The Hall–Kier alpha value is -1.39. The topological polar surface area (TPSA) is 75.3 Å². The molecule has 1 aromatic rings. The molecule has 1 rings (SSSR count). The zero-order valence-electron chi connectivity index (χ0n) is 7.81. The van der Waals surface area contributed by atoms with E-state index in [1.54, 1.807) is 0 Å². The van der Waals surface area contributed by atoms with Gasteiger partial charge in [0.2, 0.25) is 5.91 Å². The largest absolute Gasteiger partial charge is 0.396 e. The Balaban J connectivity index is 2.62. The molecule has 0 aliphatic carbocycles. The van der Waals surface area contributed by atoms with Crippen LogP contribution < -0.4 is 11.3 Å². The summed E-state index contributed by atoms with van der Waals surface area (Å²) in [6.07, 6.45) is 0.500. The minimum Gasteiger partial charge on any atom is -0.396 e. The summed E-state index contributed by atoms with van der Waals surface area (Å²) in [7, 11) is 0. The van der Waals surface area contributed by atoms with Crippen LogP contribution in [0.2, 0.25) is 0 Å². The minimum atomic E-state index is -0.470. The lowest BCUT2D eigenvalue weighted by Crippen LogP contribution is -2.38. The summed E-state index contributed by atoms with van der Waals surface area (Å²) in [6, 6.07) is 9.51. The summed E-state index contributed by atoms with van der Waals surface area (Å²) < 4.78 is 0. The molecule has 4 N–H and O–H groups in total. The van der Waals surface area contributed by atoms with Gasteiger partial charge < -0.3 is 5.11 Å². The van der Waals surface area contributed by atoms with E-state index >= 15 is 0 Å². The number of carbonyl (C=O) groups excluding carboxylic acids is 1. The van der Waals surface area contributed by atoms with Crippen molar-refractivity contribution in [2.45, 2.75) is 6.42 Å². The highest BCUT2D eigenvalue weighted by Gasteiger charge is 2.16. The lowest BCUT2D eigenvalue weighted by atomic mass is 10.00. The molecule has 4 heteroatoms. The van der Waals surface area contributed by atoms with Gasteiger partial charge in [0.15, 0.2) is 0 Å². The van der Waals surface area contributed by atoms with E-state index in [0.717, 1.165) is 5.56 Å². The fraction of sp³-hybridized carbons (Fsp3) is 0.300. The van der Waals surface area contributed by atoms with Gasteiger partial charge in [0, 0.05) is 0 Å². The van der Waals surface area contributed by atoms with Crippen LogP contribution in [-0.4, -0.2) is 17.6 Å². The Labute approximate surface area is 82.7 Å². The van der Waals surface area contributed by atoms with Crippen molar-refractivity contribution in [3.63, 3.8) is 0 Å². The van der Waals surface area contributed by atoms with E-state index in [4.69, 9.17) is 10.9 Å². The van der Waals surface area contributed by atoms with Crippen LogP contribution in [0.1, 0.15) is 5.56 Å². The van der Waals surface area contributed by atoms with E-state index in [9.17, 15) is 4.79 Å². The molecule has 1 unspecified atom stereocenters. The number of nitrogens with two attached hydrogens (primary N) is 1. The number of rotatable bonds is 4. The first-order valence-electron chi connectivity index (χ1n) is 4.43. The molecule has 4 nitrogen and oxygen atoms in total. The Morgan fingerprint density at radius 1 is 1.43 bits per heavy atom. The van der Waals surface area contributed by atoms with Crippen LogP contribution >= 0.6 is 0 Å². The predicted octanol–water partition coefficient (Wildman–Crippen LogP) is -0.172. The summed E-state index contributed by atoms with van der Waals surface area (Å²) in [6.45, 7) is -0.197. The molecule has 0 saturated carbocycles. The maximum absolute atomic E-state index is 11.2. The quantitative estimate of drug-likeness (QED) is 0.354. The van der Waals surface area contributed by atoms with Crippen molar-refractivity contribution >= 4 is 5.91 Å². The molecule has 1 atom stereocenters. The van der Waals surface area contributed by atoms with Crippen LogP contribution in [0.5, 0.6) is 0 Å². The van der Waals surface area contributed by atoms with Crippen LogP contribution in [0.25, 0.3) is 0 Å².